The van der Waals surface area contributed by atoms with E-state index >= 15 is 0 Å². The van der Waals surface area contributed by atoms with Crippen molar-refractivity contribution in [3.63, 3.8) is 0 Å². The fourth-order valence-electron chi connectivity index (χ4n) is 3.15. The minimum absolute atomic E-state index is 0.0344. The Morgan fingerprint density at radius 3 is 2.64 bits per heavy atom. The molecule has 0 spiro atoms. The van der Waals surface area contributed by atoms with Gasteiger partial charge in [0.05, 0.1) is 18.8 Å². The van der Waals surface area contributed by atoms with Crippen LogP contribution in [-0.4, -0.2) is 62.4 Å². The molecule has 0 aromatic carbocycles. The molecule has 1 aliphatic heterocycles. The SMILES string of the molecule is Cc1ccc(=O)n(CCN2CCN(Cc3noc(C4CC4)n3)CC2)n1. The summed E-state index contributed by atoms with van der Waals surface area (Å²) in [5.74, 6) is 2.12. The highest BCUT2D eigenvalue weighted by Gasteiger charge is 2.30. The Balaban J connectivity index is 1.23. The van der Waals surface area contributed by atoms with Gasteiger partial charge < -0.3 is 4.52 Å². The maximum absolute atomic E-state index is 11.8. The predicted octanol–water partition coefficient (Wildman–Crippen LogP) is 0.630. The van der Waals surface area contributed by atoms with Gasteiger partial charge in [0.1, 0.15) is 0 Å². The van der Waals surface area contributed by atoms with Crippen molar-refractivity contribution in [3.8, 4) is 0 Å². The highest BCUT2D eigenvalue weighted by molar-refractivity contribution is 5.01. The van der Waals surface area contributed by atoms with E-state index in [0.717, 1.165) is 56.7 Å². The Labute approximate surface area is 146 Å². The minimum atomic E-state index is -0.0344. The number of hydrogen-bond donors (Lipinski definition) is 0. The van der Waals surface area contributed by atoms with Gasteiger partial charge in [-0.25, -0.2) is 4.68 Å². The third-order valence-electron chi connectivity index (χ3n) is 4.87. The number of piperazine rings is 1. The first kappa shape index (κ1) is 16.4. The summed E-state index contributed by atoms with van der Waals surface area (Å²) in [4.78, 5) is 21.0. The topological polar surface area (TPSA) is 80.3 Å². The van der Waals surface area contributed by atoms with E-state index in [1.165, 1.54) is 12.8 Å². The molecule has 0 radical (unpaired) electrons. The van der Waals surface area contributed by atoms with Crippen LogP contribution in [0.25, 0.3) is 0 Å². The third-order valence-corrected chi connectivity index (χ3v) is 4.87. The van der Waals surface area contributed by atoms with Crippen molar-refractivity contribution >= 4 is 0 Å². The van der Waals surface area contributed by atoms with Crippen LogP contribution in [0.4, 0.5) is 0 Å². The lowest BCUT2D eigenvalue weighted by atomic mass is 10.3. The van der Waals surface area contributed by atoms with E-state index in [0.29, 0.717) is 12.5 Å². The second-order valence-electron chi connectivity index (χ2n) is 6.98. The molecule has 0 bridgehead atoms. The van der Waals surface area contributed by atoms with Crippen molar-refractivity contribution in [1.82, 2.24) is 29.7 Å². The number of aryl methyl sites for hydroxylation is 1. The van der Waals surface area contributed by atoms with Gasteiger partial charge >= 0.3 is 0 Å². The molecular weight excluding hydrogens is 320 g/mol. The maximum Gasteiger partial charge on any atom is 0.266 e. The number of nitrogens with zero attached hydrogens (tertiary/aromatic N) is 6. The molecule has 2 aliphatic rings. The second kappa shape index (κ2) is 7.05. The normalized spacial score (nSPS) is 19.4. The zero-order valence-electron chi connectivity index (χ0n) is 14.6. The van der Waals surface area contributed by atoms with Crippen LogP contribution in [0.2, 0.25) is 0 Å². The van der Waals surface area contributed by atoms with E-state index in [2.05, 4.69) is 25.0 Å². The summed E-state index contributed by atoms with van der Waals surface area (Å²) in [6, 6.07) is 3.34. The van der Waals surface area contributed by atoms with Crippen LogP contribution in [-0.2, 0) is 13.1 Å². The highest BCUT2D eigenvalue weighted by atomic mass is 16.5. The van der Waals surface area contributed by atoms with Gasteiger partial charge in [-0.2, -0.15) is 10.1 Å². The largest absolute Gasteiger partial charge is 0.339 e. The molecule has 0 unspecified atom stereocenters. The lowest BCUT2D eigenvalue weighted by Gasteiger charge is -2.33. The Kier molecular flexibility index (Phi) is 4.63. The number of hydrogen-bond acceptors (Lipinski definition) is 7. The smallest absolute Gasteiger partial charge is 0.266 e. The summed E-state index contributed by atoms with van der Waals surface area (Å²) in [6.07, 6.45) is 2.36. The standard InChI is InChI=1S/C17H24N6O2/c1-13-2-5-16(24)23(19-13)11-10-21-6-8-22(9-7-21)12-15-18-17(25-20-15)14-3-4-14/h2,5,14H,3-4,6-12H2,1H3. The molecule has 2 aromatic heterocycles. The zero-order valence-corrected chi connectivity index (χ0v) is 14.6. The summed E-state index contributed by atoms with van der Waals surface area (Å²) >= 11 is 0. The molecule has 25 heavy (non-hydrogen) atoms. The highest BCUT2D eigenvalue weighted by Crippen LogP contribution is 2.38. The molecule has 0 amide bonds. The predicted molar refractivity (Wildman–Crippen MR) is 91.2 cm³/mol. The molecule has 8 nitrogen and oxygen atoms in total. The van der Waals surface area contributed by atoms with Crippen molar-refractivity contribution in [2.45, 2.75) is 38.8 Å². The molecule has 3 heterocycles. The van der Waals surface area contributed by atoms with Gasteiger partial charge in [-0.3, -0.25) is 14.6 Å². The van der Waals surface area contributed by atoms with Crippen LogP contribution in [0.3, 0.4) is 0 Å². The van der Waals surface area contributed by atoms with Crippen LogP contribution in [0, 0.1) is 6.92 Å². The molecule has 4 rings (SSSR count). The van der Waals surface area contributed by atoms with E-state index in [1.54, 1.807) is 16.8 Å². The number of rotatable bonds is 6. The monoisotopic (exact) mass is 344 g/mol. The van der Waals surface area contributed by atoms with Gasteiger partial charge in [0.25, 0.3) is 5.56 Å². The average molecular weight is 344 g/mol. The second-order valence-corrected chi connectivity index (χ2v) is 6.98. The Morgan fingerprint density at radius 2 is 1.88 bits per heavy atom. The summed E-state index contributed by atoms with van der Waals surface area (Å²) in [6.45, 7) is 8.05. The van der Waals surface area contributed by atoms with Gasteiger partial charge in [0.15, 0.2) is 5.82 Å². The van der Waals surface area contributed by atoms with Gasteiger partial charge in [-0.15, -0.1) is 0 Å². The van der Waals surface area contributed by atoms with Gasteiger partial charge in [0.2, 0.25) is 5.89 Å². The lowest BCUT2D eigenvalue weighted by molar-refractivity contribution is 0.120. The van der Waals surface area contributed by atoms with Crippen LogP contribution in [0.5, 0.6) is 0 Å². The van der Waals surface area contributed by atoms with Gasteiger partial charge in [-0.05, 0) is 25.8 Å². The summed E-state index contributed by atoms with van der Waals surface area (Å²) in [5.41, 5.74) is 0.836. The molecule has 0 atom stereocenters. The first-order valence-corrected chi connectivity index (χ1v) is 8.99. The summed E-state index contributed by atoms with van der Waals surface area (Å²) in [5, 5.41) is 8.39. The van der Waals surface area contributed by atoms with Crippen molar-refractivity contribution < 1.29 is 4.52 Å². The Morgan fingerprint density at radius 1 is 1.12 bits per heavy atom. The van der Waals surface area contributed by atoms with E-state index < -0.39 is 0 Å². The fourth-order valence-corrected chi connectivity index (χ4v) is 3.15. The molecule has 2 fully saturated rings. The minimum Gasteiger partial charge on any atom is -0.339 e. The van der Waals surface area contributed by atoms with E-state index in [1.807, 2.05) is 6.92 Å². The van der Waals surface area contributed by atoms with Gasteiger partial charge in [-0.1, -0.05) is 5.16 Å². The first-order chi connectivity index (χ1) is 12.2. The third kappa shape index (κ3) is 4.13. The zero-order chi connectivity index (χ0) is 17.2. The van der Waals surface area contributed by atoms with Gasteiger partial charge in [0, 0.05) is 44.7 Å². The molecule has 1 aliphatic carbocycles. The number of aromatic nitrogens is 4. The lowest BCUT2D eigenvalue weighted by Crippen LogP contribution is -2.47. The maximum atomic E-state index is 11.8. The molecule has 8 heteroatoms. The molecular formula is C17H24N6O2. The van der Waals surface area contributed by atoms with Crippen molar-refractivity contribution in [2.75, 3.05) is 32.7 Å². The van der Waals surface area contributed by atoms with Crippen LogP contribution >= 0.6 is 0 Å². The average Bonchev–Trinajstić information content (AvgIpc) is 3.37. The van der Waals surface area contributed by atoms with Crippen molar-refractivity contribution in [1.29, 1.82) is 0 Å². The molecule has 134 valence electrons. The van der Waals surface area contributed by atoms with Crippen molar-refractivity contribution in [3.05, 3.63) is 39.9 Å². The molecule has 1 saturated carbocycles. The Hall–Kier alpha value is -2.06. The Bertz CT molecular complexity index is 773. The summed E-state index contributed by atoms with van der Waals surface area (Å²) in [7, 11) is 0. The van der Waals surface area contributed by atoms with E-state index in [9.17, 15) is 4.79 Å². The molecule has 1 saturated heterocycles. The van der Waals surface area contributed by atoms with Crippen LogP contribution < -0.4 is 5.56 Å². The first-order valence-electron chi connectivity index (χ1n) is 8.99. The molecule has 0 N–H and O–H groups in total. The summed E-state index contributed by atoms with van der Waals surface area (Å²) < 4.78 is 6.88. The quantitative estimate of drug-likeness (QED) is 0.760. The van der Waals surface area contributed by atoms with Crippen LogP contribution in [0.15, 0.2) is 21.5 Å². The van der Waals surface area contributed by atoms with E-state index in [-0.39, 0.29) is 5.56 Å². The fraction of sp³-hybridized carbons (Fsp3) is 0.647. The van der Waals surface area contributed by atoms with Crippen molar-refractivity contribution in [2.24, 2.45) is 0 Å². The van der Waals surface area contributed by atoms with Crippen LogP contribution in [0.1, 0.15) is 36.2 Å². The molecule has 2 aromatic rings. The van der Waals surface area contributed by atoms with E-state index in [4.69, 9.17) is 4.52 Å².